The number of hydrogen-bond acceptors (Lipinski definition) is 2. The molecule has 2 rings (SSSR count). The number of halogens is 1. The summed E-state index contributed by atoms with van der Waals surface area (Å²) in [5, 5.41) is 2.69. The average Bonchev–Trinajstić information content (AvgIpc) is 2.89. The van der Waals surface area contributed by atoms with Crippen molar-refractivity contribution in [2.45, 2.75) is 18.9 Å². The fourth-order valence-electron chi connectivity index (χ4n) is 1.05. The highest BCUT2D eigenvalue weighted by Crippen LogP contribution is 2.19. The Labute approximate surface area is 75.0 Å². The van der Waals surface area contributed by atoms with Crippen LogP contribution >= 0.6 is 0 Å². The molecule has 1 aliphatic carbocycles. The first-order chi connectivity index (χ1) is 6.27. The second-order valence-corrected chi connectivity index (χ2v) is 3.09. The minimum atomic E-state index is -0.708. The van der Waals surface area contributed by atoms with Crippen molar-refractivity contribution >= 4 is 5.91 Å². The van der Waals surface area contributed by atoms with Crippen LogP contribution in [-0.2, 0) is 0 Å². The van der Waals surface area contributed by atoms with Crippen molar-refractivity contribution in [2.75, 3.05) is 0 Å². The number of amides is 1. The van der Waals surface area contributed by atoms with E-state index in [-0.39, 0.29) is 17.5 Å². The lowest BCUT2D eigenvalue weighted by atomic mass is 10.2. The SMILES string of the molecule is O=C(NC1CC1)c1cccnc1F. The summed E-state index contributed by atoms with van der Waals surface area (Å²) in [6.45, 7) is 0. The molecule has 0 bridgehead atoms. The van der Waals surface area contributed by atoms with E-state index in [1.807, 2.05) is 0 Å². The Morgan fingerprint density at radius 1 is 1.62 bits per heavy atom. The normalized spacial score (nSPS) is 15.5. The molecule has 1 saturated carbocycles. The Kier molecular flexibility index (Phi) is 1.96. The van der Waals surface area contributed by atoms with Crippen LogP contribution < -0.4 is 5.32 Å². The van der Waals surface area contributed by atoms with Gasteiger partial charge in [0, 0.05) is 12.2 Å². The first kappa shape index (κ1) is 8.16. The summed E-state index contributed by atoms with van der Waals surface area (Å²) in [5.41, 5.74) is 0.0226. The quantitative estimate of drug-likeness (QED) is 0.693. The van der Waals surface area contributed by atoms with E-state index in [1.54, 1.807) is 6.07 Å². The molecule has 68 valence electrons. The molecule has 0 aliphatic heterocycles. The van der Waals surface area contributed by atoms with Gasteiger partial charge in [-0.1, -0.05) is 0 Å². The molecule has 1 aromatic rings. The molecule has 1 fully saturated rings. The number of hydrogen-bond donors (Lipinski definition) is 1. The molecule has 0 aromatic carbocycles. The maximum Gasteiger partial charge on any atom is 0.256 e. The zero-order chi connectivity index (χ0) is 9.26. The van der Waals surface area contributed by atoms with Gasteiger partial charge in [0.1, 0.15) is 0 Å². The summed E-state index contributed by atoms with van der Waals surface area (Å²) in [4.78, 5) is 14.7. The van der Waals surface area contributed by atoms with Gasteiger partial charge in [0.15, 0.2) is 0 Å². The van der Waals surface area contributed by atoms with E-state index in [0.717, 1.165) is 12.8 Å². The van der Waals surface area contributed by atoms with Gasteiger partial charge in [-0.15, -0.1) is 0 Å². The Balaban J connectivity index is 2.13. The molecule has 0 atom stereocenters. The standard InChI is InChI=1S/C9H9FN2O/c10-8-7(2-1-5-11-8)9(13)12-6-3-4-6/h1-2,5-6H,3-4H2,(H,12,13). The molecule has 13 heavy (non-hydrogen) atoms. The number of carbonyl (C=O) groups excluding carboxylic acids is 1. The van der Waals surface area contributed by atoms with Crippen molar-refractivity contribution in [3.63, 3.8) is 0 Å². The second-order valence-electron chi connectivity index (χ2n) is 3.09. The Bertz CT molecular complexity index is 336. The van der Waals surface area contributed by atoms with Crippen LogP contribution in [0.5, 0.6) is 0 Å². The van der Waals surface area contributed by atoms with Gasteiger partial charge >= 0.3 is 0 Å². The summed E-state index contributed by atoms with van der Waals surface area (Å²) in [7, 11) is 0. The molecular weight excluding hydrogens is 171 g/mol. The fourth-order valence-corrected chi connectivity index (χ4v) is 1.05. The number of nitrogens with one attached hydrogen (secondary N) is 1. The third-order valence-corrected chi connectivity index (χ3v) is 1.92. The molecule has 1 N–H and O–H groups in total. The van der Waals surface area contributed by atoms with Crippen molar-refractivity contribution in [1.29, 1.82) is 0 Å². The van der Waals surface area contributed by atoms with Crippen molar-refractivity contribution < 1.29 is 9.18 Å². The zero-order valence-electron chi connectivity index (χ0n) is 6.96. The molecule has 0 unspecified atom stereocenters. The van der Waals surface area contributed by atoms with E-state index in [0.29, 0.717) is 0 Å². The Morgan fingerprint density at radius 2 is 2.38 bits per heavy atom. The van der Waals surface area contributed by atoms with Crippen LogP contribution in [0.25, 0.3) is 0 Å². The van der Waals surface area contributed by atoms with E-state index >= 15 is 0 Å². The molecule has 1 aromatic heterocycles. The molecule has 0 spiro atoms. The molecule has 1 aliphatic rings. The van der Waals surface area contributed by atoms with Crippen molar-refractivity contribution in [1.82, 2.24) is 10.3 Å². The average molecular weight is 180 g/mol. The van der Waals surface area contributed by atoms with E-state index < -0.39 is 5.95 Å². The number of carbonyl (C=O) groups is 1. The van der Waals surface area contributed by atoms with Crippen LogP contribution in [0, 0.1) is 5.95 Å². The lowest BCUT2D eigenvalue weighted by Gasteiger charge is -2.02. The zero-order valence-corrected chi connectivity index (χ0v) is 6.96. The molecule has 3 nitrogen and oxygen atoms in total. The van der Waals surface area contributed by atoms with Gasteiger partial charge in [-0.3, -0.25) is 4.79 Å². The van der Waals surface area contributed by atoms with Gasteiger partial charge in [-0.2, -0.15) is 4.39 Å². The third-order valence-electron chi connectivity index (χ3n) is 1.92. The first-order valence-electron chi connectivity index (χ1n) is 4.19. The van der Waals surface area contributed by atoms with Gasteiger partial charge in [0.25, 0.3) is 5.91 Å². The molecule has 1 amide bonds. The highest BCUT2D eigenvalue weighted by molar-refractivity contribution is 5.94. The van der Waals surface area contributed by atoms with Crippen LogP contribution in [0.4, 0.5) is 4.39 Å². The molecule has 0 radical (unpaired) electrons. The molecular formula is C9H9FN2O. The van der Waals surface area contributed by atoms with Gasteiger partial charge < -0.3 is 5.32 Å². The van der Waals surface area contributed by atoms with Crippen molar-refractivity contribution in [3.8, 4) is 0 Å². The number of aromatic nitrogens is 1. The smallest absolute Gasteiger partial charge is 0.256 e. The predicted octanol–water partition coefficient (Wildman–Crippen LogP) is 1.11. The lowest BCUT2D eigenvalue weighted by molar-refractivity contribution is 0.0946. The summed E-state index contributed by atoms with van der Waals surface area (Å²) in [5.74, 6) is -1.08. The van der Waals surface area contributed by atoms with Crippen molar-refractivity contribution in [2.24, 2.45) is 0 Å². The summed E-state index contributed by atoms with van der Waals surface area (Å²) in [6, 6.07) is 3.22. The third kappa shape index (κ3) is 1.83. The number of pyridine rings is 1. The largest absolute Gasteiger partial charge is 0.349 e. The fraction of sp³-hybridized carbons (Fsp3) is 0.333. The molecule has 1 heterocycles. The van der Waals surface area contributed by atoms with E-state index in [4.69, 9.17) is 0 Å². The molecule has 4 heteroatoms. The minimum absolute atomic E-state index is 0.0226. The number of rotatable bonds is 2. The predicted molar refractivity (Wildman–Crippen MR) is 44.7 cm³/mol. The highest BCUT2D eigenvalue weighted by Gasteiger charge is 2.24. The van der Waals surface area contributed by atoms with Gasteiger partial charge in [-0.25, -0.2) is 4.98 Å². The lowest BCUT2D eigenvalue weighted by Crippen LogP contribution is -2.26. The van der Waals surface area contributed by atoms with Crippen LogP contribution in [0.1, 0.15) is 23.2 Å². The maximum atomic E-state index is 12.9. The summed E-state index contributed by atoms with van der Waals surface area (Å²) in [6.07, 6.45) is 3.31. The molecule has 0 saturated heterocycles. The van der Waals surface area contributed by atoms with E-state index in [1.165, 1.54) is 12.3 Å². The van der Waals surface area contributed by atoms with Crippen LogP contribution in [-0.4, -0.2) is 16.9 Å². The summed E-state index contributed by atoms with van der Waals surface area (Å²) < 4.78 is 12.9. The van der Waals surface area contributed by atoms with Crippen molar-refractivity contribution in [3.05, 3.63) is 29.8 Å². The van der Waals surface area contributed by atoms with Crippen LogP contribution in [0.3, 0.4) is 0 Å². The van der Waals surface area contributed by atoms with Crippen LogP contribution in [0.2, 0.25) is 0 Å². The maximum absolute atomic E-state index is 12.9. The van der Waals surface area contributed by atoms with E-state index in [9.17, 15) is 9.18 Å². The second kappa shape index (κ2) is 3.12. The number of nitrogens with zero attached hydrogens (tertiary/aromatic N) is 1. The summed E-state index contributed by atoms with van der Waals surface area (Å²) >= 11 is 0. The Morgan fingerprint density at radius 3 is 3.00 bits per heavy atom. The highest BCUT2D eigenvalue weighted by atomic mass is 19.1. The van der Waals surface area contributed by atoms with E-state index in [2.05, 4.69) is 10.3 Å². The Hall–Kier alpha value is -1.45. The monoisotopic (exact) mass is 180 g/mol. The minimum Gasteiger partial charge on any atom is -0.349 e. The van der Waals surface area contributed by atoms with Gasteiger partial charge in [0.05, 0.1) is 5.56 Å². The first-order valence-corrected chi connectivity index (χ1v) is 4.19. The van der Waals surface area contributed by atoms with Gasteiger partial charge in [-0.05, 0) is 25.0 Å². The van der Waals surface area contributed by atoms with Gasteiger partial charge in [0.2, 0.25) is 5.95 Å². The topological polar surface area (TPSA) is 42.0 Å². The van der Waals surface area contributed by atoms with Crippen LogP contribution in [0.15, 0.2) is 18.3 Å².